The summed E-state index contributed by atoms with van der Waals surface area (Å²) in [4.78, 5) is 11.5. The topological polar surface area (TPSA) is 44.8 Å². The van der Waals surface area contributed by atoms with Gasteiger partial charge in [-0.15, -0.1) is 0 Å². The first kappa shape index (κ1) is 18.2. The van der Waals surface area contributed by atoms with Crippen molar-refractivity contribution in [1.82, 2.24) is 0 Å². The first-order chi connectivity index (χ1) is 9.75. The number of hydrogen-bond acceptors (Lipinski definition) is 4. The monoisotopic (exact) mass is 298 g/mol. The number of ether oxygens (including phenoxy) is 3. The van der Waals surface area contributed by atoms with Gasteiger partial charge in [0, 0.05) is 38.0 Å². The minimum atomic E-state index is -0.291. The van der Waals surface area contributed by atoms with Gasteiger partial charge in [0.25, 0.3) is 0 Å². The van der Waals surface area contributed by atoms with Crippen LogP contribution in [0.4, 0.5) is 0 Å². The van der Waals surface area contributed by atoms with Gasteiger partial charge in [-0.2, -0.15) is 0 Å². The molecule has 1 aliphatic rings. The molecule has 0 spiro atoms. The molecule has 4 heteroatoms. The fourth-order valence-electron chi connectivity index (χ4n) is 3.62. The van der Waals surface area contributed by atoms with Crippen LogP contribution in [-0.2, 0) is 19.0 Å². The largest absolute Gasteiger partial charge is 0.458 e. The fourth-order valence-corrected chi connectivity index (χ4v) is 3.62. The highest BCUT2D eigenvalue weighted by atomic mass is 16.5. The molecule has 122 valence electrons. The van der Waals surface area contributed by atoms with Gasteiger partial charge >= 0.3 is 5.97 Å². The van der Waals surface area contributed by atoms with E-state index < -0.39 is 0 Å². The fraction of sp³-hybridized carbons (Fsp3) is 0.824. The lowest BCUT2D eigenvalue weighted by Gasteiger charge is -2.44. The van der Waals surface area contributed by atoms with E-state index >= 15 is 0 Å². The number of hydrogen-bond donors (Lipinski definition) is 0. The van der Waals surface area contributed by atoms with Crippen LogP contribution in [0.5, 0.6) is 0 Å². The van der Waals surface area contributed by atoms with E-state index in [0.29, 0.717) is 5.92 Å². The van der Waals surface area contributed by atoms with Crippen molar-refractivity contribution in [3.05, 3.63) is 12.2 Å². The van der Waals surface area contributed by atoms with Crippen LogP contribution in [0.1, 0.15) is 41.0 Å². The molecule has 0 aliphatic carbocycles. The van der Waals surface area contributed by atoms with Crippen molar-refractivity contribution in [3.63, 3.8) is 0 Å². The summed E-state index contributed by atoms with van der Waals surface area (Å²) >= 11 is 0. The summed E-state index contributed by atoms with van der Waals surface area (Å²) in [7, 11) is 3.46. The molecule has 0 bridgehead atoms. The number of methoxy groups -OCH3 is 2. The lowest BCUT2D eigenvalue weighted by atomic mass is 9.71. The zero-order valence-corrected chi connectivity index (χ0v) is 14.4. The number of rotatable bonds is 7. The predicted molar refractivity (Wildman–Crippen MR) is 83.0 cm³/mol. The van der Waals surface area contributed by atoms with Crippen molar-refractivity contribution >= 4 is 5.97 Å². The molecule has 0 N–H and O–H groups in total. The lowest BCUT2D eigenvalue weighted by Crippen LogP contribution is -2.50. The first-order valence-corrected chi connectivity index (χ1v) is 7.68. The Morgan fingerprint density at radius 2 is 1.86 bits per heavy atom. The Morgan fingerprint density at radius 3 is 2.29 bits per heavy atom. The van der Waals surface area contributed by atoms with Crippen LogP contribution >= 0.6 is 0 Å². The maximum Gasteiger partial charge on any atom is 0.330 e. The van der Waals surface area contributed by atoms with E-state index in [1.807, 2.05) is 6.08 Å². The average molecular weight is 298 g/mol. The smallest absolute Gasteiger partial charge is 0.330 e. The first-order valence-electron chi connectivity index (χ1n) is 7.68. The van der Waals surface area contributed by atoms with E-state index in [-0.39, 0.29) is 35.6 Å². The summed E-state index contributed by atoms with van der Waals surface area (Å²) in [6, 6.07) is 0. The van der Waals surface area contributed by atoms with Crippen LogP contribution in [0.3, 0.4) is 0 Å². The van der Waals surface area contributed by atoms with E-state index in [4.69, 9.17) is 14.2 Å². The Balaban J connectivity index is 2.95. The normalized spacial score (nSPS) is 23.8. The Morgan fingerprint density at radius 1 is 1.24 bits per heavy atom. The molecular weight excluding hydrogens is 268 g/mol. The second kappa shape index (κ2) is 7.41. The summed E-state index contributed by atoms with van der Waals surface area (Å²) < 4.78 is 17.0. The Labute approximate surface area is 128 Å². The number of cyclic esters (lactones) is 1. The SMILES string of the molecule is CO[C@H](C(C)C)[C@H](C)[C@@H](OC)C(C)(C)[C@H]1CC=CC(=O)O1. The maximum atomic E-state index is 11.5. The number of carbonyl (C=O) groups is 1. The van der Waals surface area contributed by atoms with Gasteiger partial charge in [-0.25, -0.2) is 4.79 Å². The molecule has 0 aromatic carbocycles. The van der Waals surface area contributed by atoms with Crippen molar-refractivity contribution < 1.29 is 19.0 Å². The van der Waals surface area contributed by atoms with Crippen LogP contribution in [0, 0.1) is 17.3 Å². The third-order valence-electron chi connectivity index (χ3n) is 4.60. The Hall–Kier alpha value is -0.870. The average Bonchev–Trinajstić information content (AvgIpc) is 2.39. The summed E-state index contributed by atoms with van der Waals surface area (Å²) in [5.74, 6) is 0.320. The molecule has 0 unspecified atom stereocenters. The molecule has 0 fully saturated rings. The molecule has 1 heterocycles. The van der Waals surface area contributed by atoms with Crippen molar-refractivity contribution in [3.8, 4) is 0 Å². The highest BCUT2D eigenvalue weighted by Gasteiger charge is 2.45. The summed E-state index contributed by atoms with van der Waals surface area (Å²) in [6.07, 6.45) is 3.96. The van der Waals surface area contributed by atoms with Gasteiger partial charge in [0.15, 0.2) is 0 Å². The van der Waals surface area contributed by atoms with Gasteiger partial charge < -0.3 is 14.2 Å². The van der Waals surface area contributed by atoms with Crippen LogP contribution in [0.25, 0.3) is 0 Å². The highest BCUT2D eigenvalue weighted by Crippen LogP contribution is 2.39. The Bertz CT molecular complexity index is 373. The minimum Gasteiger partial charge on any atom is -0.458 e. The van der Waals surface area contributed by atoms with E-state index in [1.54, 1.807) is 14.2 Å². The van der Waals surface area contributed by atoms with Crippen LogP contribution < -0.4 is 0 Å². The van der Waals surface area contributed by atoms with Gasteiger partial charge in [0.1, 0.15) is 6.10 Å². The van der Waals surface area contributed by atoms with E-state index in [9.17, 15) is 4.79 Å². The van der Waals surface area contributed by atoms with Gasteiger partial charge in [-0.3, -0.25) is 0 Å². The van der Waals surface area contributed by atoms with Crippen molar-refractivity contribution in [2.75, 3.05) is 14.2 Å². The molecular formula is C17H30O4. The molecule has 0 saturated carbocycles. The summed E-state index contributed by atoms with van der Waals surface area (Å²) in [6.45, 7) is 10.6. The van der Waals surface area contributed by atoms with Crippen molar-refractivity contribution in [1.29, 1.82) is 0 Å². The Kier molecular flexibility index (Phi) is 6.41. The highest BCUT2D eigenvalue weighted by molar-refractivity contribution is 5.82. The number of esters is 1. The quantitative estimate of drug-likeness (QED) is 0.677. The molecule has 1 aliphatic heterocycles. The molecule has 1 rings (SSSR count). The third-order valence-corrected chi connectivity index (χ3v) is 4.60. The molecule has 0 amide bonds. The van der Waals surface area contributed by atoms with E-state index in [2.05, 4.69) is 34.6 Å². The molecule has 0 aromatic rings. The van der Waals surface area contributed by atoms with Gasteiger partial charge in [0.05, 0.1) is 12.2 Å². The zero-order valence-electron chi connectivity index (χ0n) is 14.4. The van der Waals surface area contributed by atoms with Gasteiger partial charge in [-0.1, -0.05) is 40.7 Å². The second-order valence-electron chi connectivity index (χ2n) is 6.84. The lowest BCUT2D eigenvalue weighted by molar-refractivity contribution is -0.166. The minimum absolute atomic E-state index is 0.0610. The van der Waals surface area contributed by atoms with Crippen LogP contribution in [0.2, 0.25) is 0 Å². The zero-order chi connectivity index (χ0) is 16.2. The van der Waals surface area contributed by atoms with Crippen LogP contribution in [0.15, 0.2) is 12.2 Å². The molecule has 0 radical (unpaired) electrons. The second-order valence-corrected chi connectivity index (χ2v) is 6.84. The van der Waals surface area contributed by atoms with Crippen molar-refractivity contribution in [2.24, 2.45) is 17.3 Å². The maximum absolute atomic E-state index is 11.5. The molecule has 0 aromatic heterocycles. The van der Waals surface area contributed by atoms with E-state index in [1.165, 1.54) is 6.08 Å². The molecule has 21 heavy (non-hydrogen) atoms. The van der Waals surface area contributed by atoms with Crippen molar-refractivity contribution in [2.45, 2.75) is 59.4 Å². The molecule has 0 saturated heterocycles. The van der Waals surface area contributed by atoms with Crippen LogP contribution in [-0.4, -0.2) is 38.5 Å². The number of carbonyl (C=O) groups excluding carboxylic acids is 1. The standard InChI is InChI=1S/C17H30O4/c1-11(2)15(19-6)12(3)16(20-7)17(4,5)13-9-8-10-14(18)21-13/h8,10-13,15-16H,9H2,1-7H3/t12-,13+,15+,16+/m0/s1. The van der Waals surface area contributed by atoms with Gasteiger partial charge in [0.2, 0.25) is 0 Å². The molecule has 4 nitrogen and oxygen atoms in total. The predicted octanol–water partition coefficient (Wildman–Crippen LogP) is 3.21. The van der Waals surface area contributed by atoms with Gasteiger partial charge in [-0.05, 0) is 5.92 Å². The summed E-state index contributed by atoms with van der Waals surface area (Å²) in [5.41, 5.74) is -0.291. The third kappa shape index (κ3) is 4.07. The summed E-state index contributed by atoms with van der Waals surface area (Å²) in [5, 5.41) is 0. The molecule has 4 atom stereocenters. The van der Waals surface area contributed by atoms with E-state index in [0.717, 1.165) is 6.42 Å².